The van der Waals surface area contributed by atoms with Crippen LogP contribution in [0.25, 0.3) is 0 Å². The summed E-state index contributed by atoms with van der Waals surface area (Å²) in [7, 11) is 1.81. The number of hydrogen-bond acceptors (Lipinski definition) is 4. The van der Waals surface area contributed by atoms with E-state index in [1.54, 1.807) is 4.68 Å². The van der Waals surface area contributed by atoms with Gasteiger partial charge in [0.15, 0.2) is 6.61 Å². The summed E-state index contributed by atoms with van der Waals surface area (Å²) in [6.45, 7) is 3.46. The van der Waals surface area contributed by atoms with Gasteiger partial charge in [0.2, 0.25) is 0 Å². The predicted molar refractivity (Wildman–Crippen MR) is 69.6 cm³/mol. The maximum Gasteiger partial charge on any atom is 0.309 e. The number of hydrogen-bond donors (Lipinski definition) is 1. The Hall–Kier alpha value is -1.85. The highest BCUT2D eigenvalue weighted by molar-refractivity contribution is 5.94. The number of aromatic nitrogens is 2. The van der Waals surface area contributed by atoms with Gasteiger partial charge in [0.25, 0.3) is 5.91 Å². The molecule has 1 aliphatic carbocycles. The van der Waals surface area contributed by atoms with Crippen molar-refractivity contribution in [3.8, 4) is 0 Å². The predicted octanol–water partition coefficient (Wildman–Crippen LogP) is 1.32. The van der Waals surface area contributed by atoms with Crippen molar-refractivity contribution in [2.75, 3.05) is 11.9 Å². The molecule has 0 aliphatic heterocycles. The normalized spacial score (nSPS) is 14.9. The second kappa shape index (κ2) is 5.42. The van der Waals surface area contributed by atoms with Gasteiger partial charge < -0.3 is 10.1 Å². The van der Waals surface area contributed by atoms with Crippen LogP contribution in [0.1, 0.15) is 30.7 Å². The van der Waals surface area contributed by atoms with Crippen molar-refractivity contribution < 1.29 is 14.3 Å². The van der Waals surface area contributed by atoms with E-state index in [9.17, 15) is 9.59 Å². The average molecular weight is 265 g/mol. The first-order valence-electron chi connectivity index (χ1n) is 6.45. The molecule has 0 radical (unpaired) electrons. The third-order valence-corrected chi connectivity index (χ3v) is 3.56. The molecule has 19 heavy (non-hydrogen) atoms. The van der Waals surface area contributed by atoms with E-state index in [0.29, 0.717) is 5.69 Å². The minimum atomic E-state index is -0.327. The Morgan fingerprint density at radius 3 is 2.58 bits per heavy atom. The molecule has 0 atom stereocenters. The van der Waals surface area contributed by atoms with Crippen molar-refractivity contribution in [3.05, 3.63) is 11.4 Å². The number of esters is 1. The van der Waals surface area contributed by atoms with Crippen LogP contribution in [-0.4, -0.2) is 28.3 Å². The molecule has 104 valence electrons. The summed E-state index contributed by atoms with van der Waals surface area (Å²) in [4.78, 5) is 23.2. The largest absolute Gasteiger partial charge is 0.455 e. The quantitative estimate of drug-likeness (QED) is 0.833. The number of carbonyl (C=O) groups is 2. The number of ether oxygens (including phenoxy) is 1. The van der Waals surface area contributed by atoms with Crippen LogP contribution in [0.3, 0.4) is 0 Å². The van der Waals surface area contributed by atoms with E-state index in [1.807, 2.05) is 20.9 Å². The molecule has 1 N–H and O–H groups in total. The Labute approximate surface area is 112 Å². The van der Waals surface area contributed by atoms with Gasteiger partial charge in [0.1, 0.15) is 0 Å². The number of rotatable bonds is 4. The van der Waals surface area contributed by atoms with Gasteiger partial charge in [-0.1, -0.05) is 6.42 Å². The smallest absolute Gasteiger partial charge is 0.309 e. The standard InChI is InChI=1S/C13H19N3O3/c1-8-12(9(2)16(3)15-8)14-11(17)7-19-13(18)10-5-4-6-10/h10H,4-7H2,1-3H3,(H,14,17). The van der Waals surface area contributed by atoms with Crippen molar-refractivity contribution in [1.82, 2.24) is 9.78 Å². The van der Waals surface area contributed by atoms with Crippen LogP contribution in [0, 0.1) is 19.8 Å². The lowest BCUT2D eigenvalue weighted by Crippen LogP contribution is -2.28. The Bertz CT molecular complexity index is 503. The number of aryl methyl sites for hydroxylation is 2. The minimum absolute atomic E-state index is 0.00494. The van der Waals surface area contributed by atoms with E-state index in [0.717, 1.165) is 30.7 Å². The van der Waals surface area contributed by atoms with E-state index >= 15 is 0 Å². The van der Waals surface area contributed by atoms with Gasteiger partial charge in [-0.25, -0.2) is 0 Å². The Balaban J connectivity index is 1.85. The maximum atomic E-state index is 11.7. The third-order valence-electron chi connectivity index (χ3n) is 3.56. The molecule has 1 aromatic heterocycles. The fraction of sp³-hybridized carbons (Fsp3) is 0.615. The van der Waals surface area contributed by atoms with Crippen LogP contribution in [0.2, 0.25) is 0 Å². The Kier molecular flexibility index (Phi) is 3.87. The second-order valence-electron chi connectivity index (χ2n) is 4.95. The topological polar surface area (TPSA) is 73.2 Å². The molecular formula is C13H19N3O3. The molecule has 1 fully saturated rings. The highest BCUT2D eigenvalue weighted by Crippen LogP contribution is 2.27. The van der Waals surface area contributed by atoms with Crippen molar-refractivity contribution in [2.45, 2.75) is 33.1 Å². The minimum Gasteiger partial charge on any atom is -0.455 e. The van der Waals surface area contributed by atoms with E-state index in [4.69, 9.17) is 4.74 Å². The first-order valence-corrected chi connectivity index (χ1v) is 6.45. The van der Waals surface area contributed by atoms with Crippen molar-refractivity contribution in [2.24, 2.45) is 13.0 Å². The lowest BCUT2D eigenvalue weighted by molar-refractivity contribution is -0.154. The Morgan fingerprint density at radius 2 is 2.11 bits per heavy atom. The molecule has 1 aliphatic rings. The number of carbonyl (C=O) groups excluding carboxylic acids is 2. The molecule has 1 saturated carbocycles. The molecule has 1 amide bonds. The first-order chi connectivity index (χ1) is 8.99. The summed E-state index contributed by atoms with van der Waals surface area (Å²) in [5, 5.41) is 6.93. The Morgan fingerprint density at radius 1 is 1.42 bits per heavy atom. The summed E-state index contributed by atoms with van der Waals surface area (Å²) in [5.41, 5.74) is 2.31. The number of nitrogens with one attached hydrogen (secondary N) is 1. The highest BCUT2D eigenvalue weighted by Gasteiger charge is 2.27. The number of anilines is 1. The second-order valence-corrected chi connectivity index (χ2v) is 4.95. The molecule has 6 nitrogen and oxygen atoms in total. The SMILES string of the molecule is Cc1nn(C)c(C)c1NC(=O)COC(=O)C1CCC1. The fourth-order valence-corrected chi connectivity index (χ4v) is 2.03. The summed E-state index contributed by atoms with van der Waals surface area (Å²) in [6.07, 6.45) is 2.82. The van der Waals surface area contributed by atoms with Crippen LogP contribution < -0.4 is 5.32 Å². The fourth-order valence-electron chi connectivity index (χ4n) is 2.03. The lowest BCUT2D eigenvalue weighted by Gasteiger charge is -2.22. The van der Waals surface area contributed by atoms with Gasteiger partial charge in [-0.05, 0) is 26.7 Å². The molecule has 0 unspecified atom stereocenters. The van der Waals surface area contributed by atoms with Crippen LogP contribution in [-0.2, 0) is 21.4 Å². The summed E-state index contributed by atoms with van der Waals surface area (Å²) >= 11 is 0. The summed E-state index contributed by atoms with van der Waals surface area (Å²) in [6, 6.07) is 0. The van der Waals surface area contributed by atoms with Crippen LogP contribution in [0.4, 0.5) is 5.69 Å². The van der Waals surface area contributed by atoms with Crippen LogP contribution >= 0.6 is 0 Å². The summed E-state index contributed by atoms with van der Waals surface area (Å²) < 4.78 is 6.69. The molecule has 1 heterocycles. The van der Waals surface area contributed by atoms with Crippen LogP contribution in [0.15, 0.2) is 0 Å². The molecule has 0 saturated heterocycles. The zero-order valence-electron chi connectivity index (χ0n) is 11.5. The van der Waals surface area contributed by atoms with E-state index in [1.165, 1.54) is 0 Å². The number of amides is 1. The van der Waals surface area contributed by atoms with E-state index < -0.39 is 0 Å². The average Bonchev–Trinajstić information content (AvgIpc) is 2.51. The molecule has 0 aromatic carbocycles. The van der Waals surface area contributed by atoms with Gasteiger partial charge in [-0.15, -0.1) is 0 Å². The van der Waals surface area contributed by atoms with Gasteiger partial charge in [0.05, 0.1) is 23.0 Å². The molecule has 1 aromatic rings. The third kappa shape index (κ3) is 2.94. The monoisotopic (exact) mass is 265 g/mol. The molecule has 0 spiro atoms. The molecule has 6 heteroatoms. The van der Waals surface area contributed by atoms with Gasteiger partial charge in [-0.3, -0.25) is 14.3 Å². The zero-order valence-corrected chi connectivity index (χ0v) is 11.5. The van der Waals surface area contributed by atoms with Gasteiger partial charge >= 0.3 is 5.97 Å². The van der Waals surface area contributed by atoms with Gasteiger partial charge in [-0.2, -0.15) is 5.10 Å². The van der Waals surface area contributed by atoms with E-state index in [2.05, 4.69) is 10.4 Å². The molecule has 0 bridgehead atoms. The van der Waals surface area contributed by atoms with Gasteiger partial charge in [0, 0.05) is 7.05 Å². The van der Waals surface area contributed by atoms with E-state index in [-0.39, 0.29) is 24.4 Å². The highest BCUT2D eigenvalue weighted by atomic mass is 16.5. The van der Waals surface area contributed by atoms with Crippen molar-refractivity contribution >= 4 is 17.6 Å². The first kappa shape index (κ1) is 13.6. The van der Waals surface area contributed by atoms with Crippen molar-refractivity contribution in [3.63, 3.8) is 0 Å². The lowest BCUT2D eigenvalue weighted by atomic mass is 9.86. The molecule has 2 rings (SSSR count). The maximum absolute atomic E-state index is 11.7. The summed E-state index contributed by atoms with van der Waals surface area (Å²) in [5.74, 6) is -0.595. The number of nitrogens with zero attached hydrogens (tertiary/aromatic N) is 2. The zero-order chi connectivity index (χ0) is 14.0. The molecular weight excluding hydrogens is 246 g/mol. The van der Waals surface area contributed by atoms with Crippen molar-refractivity contribution in [1.29, 1.82) is 0 Å². The van der Waals surface area contributed by atoms with Crippen LogP contribution in [0.5, 0.6) is 0 Å².